The standard InChI is InChI=1S/C10H11Br2NO3/c1-16-10(15)8(13)4-5-2-6(11)9(14)7(12)3-5/h2-3,8,14H,4,13H2,1H3/t8-/m0/s1. The van der Waals surface area contributed by atoms with Gasteiger partial charge >= 0.3 is 5.97 Å². The molecule has 88 valence electrons. The molecule has 0 aliphatic rings. The van der Waals surface area contributed by atoms with E-state index in [1.807, 2.05) is 0 Å². The summed E-state index contributed by atoms with van der Waals surface area (Å²) in [6.45, 7) is 0. The van der Waals surface area contributed by atoms with Crippen LogP contribution in [-0.2, 0) is 16.0 Å². The zero-order valence-corrected chi connectivity index (χ0v) is 11.7. The summed E-state index contributed by atoms with van der Waals surface area (Å²) in [7, 11) is 1.30. The van der Waals surface area contributed by atoms with Gasteiger partial charge in [-0.3, -0.25) is 4.79 Å². The van der Waals surface area contributed by atoms with Crippen molar-refractivity contribution >= 4 is 37.8 Å². The second-order valence-corrected chi connectivity index (χ2v) is 4.95. The Morgan fingerprint density at radius 3 is 2.44 bits per heavy atom. The smallest absolute Gasteiger partial charge is 0.322 e. The molecule has 1 atom stereocenters. The summed E-state index contributed by atoms with van der Waals surface area (Å²) in [5, 5.41) is 9.50. The van der Waals surface area contributed by atoms with E-state index in [9.17, 15) is 9.90 Å². The number of phenolic OH excluding ortho intramolecular Hbond substituents is 1. The zero-order chi connectivity index (χ0) is 12.3. The summed E-state index contributed by atoms with van der Waals surface area (Å²) in [6.07, 6.45) is 0.351. The van der Waals surface area contributed by atoms with Gasteiger partial charge in [0.15, 0.2) is 0 Å². The van der Waals surface area contributed by atoms with Crippen LogP contribution in [0.4, 0.5) is 0 Å². The Balaban J connectivity index is 2.86. The highest BCUT2D eigenvalue weighted by Gasteiger charge is 2.15. The van der Waals surface area contributed by atoms with Crippen LogP contribution >= 0.6 is 31.9 Å². The van der Waals surface area contributed by atoms with E-state index in [1.165, 1.54) is 7.11 Å². The van der Waals surface area contributed by atoms with Crippen LogP contribution in [-0.4, -0.2) is 24.2 Å². The monoisotopic (exact) mass is 351 g/mol. The number of nitrogens with two attached hydrogens (primary N) is 1. The maximum atomic E-state index is 11.1. The first-order valence-corrected chi connectivity index (χ1v) is 6.04. The van der Waals surface area contributed by atoms with E-state index in [-0.39, 0.29) is 5.75 Å². The maximum absolute atomic E-state index is 11.1. The van der Waals surface area contributed by atoms with Crippen molar-refractivity contribution < 1.29 is 14.6 Å². The number of halogens is 2. The van der Waals surface area contributed by atoms with Crippen molar-refractivity contribution in [3.8, 4) is 5.75 Å². The number of hydrogen-bond acceptors (Lipinski definition) is 4. The van der Waals surface area contributed by atoms with Crippen molar-refractivity contribution in [2.45, 2.75) is 12.5 Å². The number of hydrogen-bond donors (Lipinski definition) is 2. The highest BCUT2D eigenvalue weighted by atomic mass is 79.9. The summed E-state index contributed by atoms with van der Waals surface area (Å²) in [6, 6.07) is 2.72. The highest BCUT2D eigenvalue weighted by molar-refractivity contribution is 9.11. The van der Waals surface area contributed by atoms with Gasteiger partial charge in [0.2, 0.25) is 0 Å². The molecule has 16 heavy (non-hydrogen) atoms. The molecule has 0 aliphatic carbocycles. The molecule has 0 spiro atoms. The Labute approximate surface area is 110 Å². The largest absolute Gasteiger partial charge is 0.506 e. The van der Waals surface area contributed by atoms with Gasteiger partial charge in [-0.1, -0.05) is 0 Å². The minimum absolute atomic E-state index is 0.121. The summed E-state index contributed by atoms with van der Waals surface area (Å²) in [5.41, 5.74) is 6.46. The molecule has 3 N–H and O–H groups in total. The predicted octanol–water partition coefficient (Wildman–Crippen LogP) is 1.96. The fourth-order valence-electron chi connectivity index (χ4n) is 1.22. The molecule has 0 saturated heterocycles. The quantitative estimate of drug-likeness (QED) is 0.815. The van der Waals surface area contributed by atoms with Gasteiger partial charge in [-0.15, -0.1) is 0 Å². The zero-order valence-electron chi connectivity index (χ0n) is 8.54. The van der Waals surface area contributed by atoms with Gasteiger partial charge in [-0.2, -0.15) is 0 Å². The number of phenols is 1. The lowest BCUT2D eigenvalue weighted by Gasteiger charge is -2.10. The molecule has 6 heteroatoms. The lowest BCUT2D eigenvalue weighted by atomic mass is 10.1. The maximum Gasteiger partial charge on any atom is 0.322 e. The normalized spacial score (nSPS) is 12.2. The number of carbonyl (C=O) groups excluding carboxylic acids is 1. The van der Waals surface area contributed by atoms with Crippen molar-refractivity contribution in [3.05, 3.63) is 26.6 Å². The van der Waals surface area contributed by atoms with Gasteiger partial charge in [0.05, 0.1) is 16.1 Å². The lowest BCUT2D eigenvalue weighted by Crippen LogP contribution is -2.33. The third kappa shape index (κ3) is 3.20. The molecule has 1 aromatic rings. The average Bonchev–Trinajstić information content (AvgIpc) is 2.24. The van der Waals surface area contributed by atoms with Gasteiger partial charge in [-0.25, -0.2) is 0 Å². The van der Waals surface area contributed by atoms with Gasteiger partial charge < -0.3 is 15.6 Å². The number of aromatic hydroxyl groups is 1. The number of benzene rings is 1. The fraction of sp³-hybridized carbons (Fsp3) is 0.300. The number of methoxy groups -OCH3 is 1. The van der Waals surface area contributed by atoms with E-state index in [1.54, 1.807) is 12.1 Å². The van der Waals surface area contributed by atoms with E-state index in [0.717, 1.165) is 5.56 Å². The molecule has 0 saturated carbocycles. The molecular formula is C10H11Br2NO3. The summed E-state index contributed by atoms with van der Waals surface area (Å²) in [4.78, 5) is 11.1. The molecule has 4 nitrogen and oxygen atoms in total. The van der Waals surface area contributed by atoms with Crippen LogP contribution in [0.2, 0.25) is 0 Å². The summed E-state index contributed by atoms with van der Waals surface area (Å²) < 4.78 is 5.63. The minimum Gasteiger partial charge on any atom is -0.506 e. The number of esters is 1. The lowest BCUT2D eigenvalue weighted by molar-refractivity contribution is -0.142. The first kappa shape index (κ1) is 13.5. The number of rotatable bonds is 3. The average molecular weight is 353 g/mol. The molecule has 1 aromatic carbocycles. The van der Waals surface area contributed by atoms with E-state index in [4.69, 9.17) is 5.73 Å². The fourth-order valence-corrected chi connectivity index (χ4v) is 2.51. The van der Waals surface area contributed by atoms with E-state index < -0.39 is 12.0 Å². The van der Waals surface area contributed by atoms with Gasteiger partial charge in [0, 0.05) is 0 Å². The van der Waals surface area contributed by atoms with Crippen LogP contribution in [0.25, 0.3) is 0 Å². The Morgan fingerprint density at radius 1 is 1.50 bits per heavy atom. The van der Waals surface area contributed by atoms with Crippen molar-refractivity contribution in [2.24, 2.45) is 5.73 Å². The van der Waals surface area contributed by atoms with Crippen molar-refractivity contribution in [2.75, 3.05) is 7.11 Å². The molecule has 0 aromatic heterocycles. The number of carbonyl (C=O) groups is 1. The van der Waals surface area contributed by atoms with E-state index >= 15 is 0 Å². The molecule has 0 bridgehead atoms. The Kier molecular flexibility index (Phi) is 4.76. The molecule has 1 rings (SSSR count). The van der Waals surface area contributed by atoms with Crippen LogP contribution in [0.1, 0.15) is 5.56 Å². The molecule has 0 amide bonds. The van der Waals surface area contributed by atoms with E-state index in [0.29, 0.717) is 15.4 Å². The molecule has 0 aliphatic heterocycles. The van der Waals surface area contributed by atoms with Gasteiger partial charge in [0.25, 0.3) is 0 Å². The SMILES string of the molecule is COC(=O)[C@@H](N)Cc1cc(Br)c(O)c(Br)c1. The highest BCUT2D eigenvalue weighted by Crippen LogP contribution is 2.33. The third-order valence-corrected chi connectivity index (χ3v) is 3.25. The first-order chi connectivity index (χ1) is 7.45. The van der Waals surface area contributed by atoms with Crippen LogP contribution in [0.5, 0.6) is 5.75 Å². The Bertz CT molecular complexity index is 386. The topological polar surface area (TPSA) is 72.5 Å². The van der Waals surface area contributed by atoms with Crippen LogP contribution in [0.15, 0.2) is 21.1 Å². The molecule has 0 heterocycles. The Hall–Kier alpha value is -0.590. The second-order valence-electron chi connectivity index (χ2n) is 3.24. The molecule has 0 fully saturated rings. The van der Waals surface area contributed by atoms with Gasteiger partial charge in [-0.05, 0) is 56.0 Å². The first-order valence-electron chi connectivity index (χ1n) is 4.46. The number of ether oxygens (including phenoxy) is 1. The van der Waals surface area contributed by atoms with E-state index in [2.05, 4.69) is 36.6 Å². The third-order valence-electron chi connectivity index (χ3n) is 2.04. The van der Waals surface area contributed by atoms with Crippen LogP contribution in [0, 0.1) is 0 Å². The second kappa shape index (κ2) is 5.65. The van der Waals surface area contributed by atoms with Crippen molar-refractivity contribution in [1.82, 2.24) is 0 Å². The predicted molar refractivity (Wildman–Crippen MR) is 67.2 cm³/mol. The van der Waals surface area contributed by atoms with Gasteiger partial charge in [0.1, 0.15) is 11.8 Å². The molecule has 0 radical (unpaired) electrons. The van der Waals surface area contributed by atoms with Crippen molar-refractivity contribution in [1.29, 1.82) is 0 Å². The Morgan fingerprint density at radius 2 is 2.00 bits per heavy atom. The summed E-state index contributed by atoms with van der Waals surface area (Å²) >= 11 is 6.41. The van der Waals surface area contributed by atoms with Crippen molar-refractivity contribution in [3.63, 3.8) is 0 Å². The molecule has 0 unspecified atom stereocenters. The van der Waals surface area contributed by atoms with Crippen LogP contribution in [0.3, 0.4) is 0 Å². The minimum atomic E-state index is -0.701. The van der Waals surface area contributed by atoms with Crippen LogP contribution < -0.4 is 5.73 Å². The summed E-state index contributed by atoms with van der Waals surface area (Å²) in [5.74, 6) is -0.337. The molecular weight excluding hydrogens is 342 g/mol.